The molecule has 3 rings (SSSR count). The van der Waals surface area contributed by atoms with Gasteiger partial charge in [0, 0.05) is 11.4 Å². The highest BCUT2D eigenvalue weighted by Crippen LogP contribution is 2.24. The van der Waals surface area contributed by atoms with E-state index in [1.54, 1.807) is 24.3 Å². The highest BCUT2D eigenvalue weighted by Gasteiger charge is 2.13. The van der Waals surface area contributed by atoms with Crippen molar-refractivity contribution in [2.24, 2.45) is 0 Å². The Morgan fingerprint density at radius 2 is 1.80 bits per heavy atom. The topological polar surface area (TPSA) is 42.4 Å². The molecular weight excluding hydrogens is 341 g/mol. The maximum absolute atomic E-state index is 13.8. The van der Waals surface area contributed by atoms with Crippen LogP contribution in [0.25, 0.3) is 0 Å². The molecule has 1 N–H and O–H groups in total. The van der Waals surface area contributed by atoms with E-state index in [1.165, 1.54) is 12.3 Å². The van der Waals surface area contributed by atoms with Crippen molar-refractivity contribution in [3.05, 3.63) is 88.5 Å². The van der Waals surface area contributed by atoms with Gasteiger partial charge in [0.25, 0.3) is 0 Å². The zero-order valence-corrected chi connectivity index (χ0v) is 14.4. The van der Waals surface area contributed by atoms with E-state index in [4.69, 9.17) is 16.3 Å². The third kappa shape index (κ3) is 4.56. The van der Waals surface area contributed by atoms with E-state index >= 15 is 0 Å². The van der Waals surface area contributed by atoms with Crippen LogP contribution in [0.3, 0.4) is 0 Å². The van der Waals surface area contributed by atoms with Crippen molar-refractivity contribution < 1.29 is 14.2 Å². The van der Waals surface area contributed by atoms with Crippen LogP contribution in [0, 0.1) is 12.7 Å². The Kier molecular flexibility index (Phi) is 5.31. The Labute approximate surface area is 150 Å². The number of nitrogens with zero attached hydrogens (tertiary/aromatic N) is 1. The molecule has 0 saturated heterocycles. The molecule has 128 valence electrons. The molecule has 3 aromatic rings. The second-order valence-corrected chi connectivity index (χ2v) is 6.23. The van der Waals surface area contributed by atoms with E-state index < -0.39 is 11.9 Å². The molecule has 0 aliphatic heterocycles. The molecule has 1 atom stereocenters. The van der Waals surface area contributed by atoms with Crippen LogP contribution in [0.4, 0.5) is 4.39 Å². The third-order valence-corrected chi connectivity index (χ3v) is 4.02. The first-order chi connectivity index (χ1) is 12.0. The lowest BCUT2D eigenvalue weighted by molar-refractivity contribution is 0.172. The lowest BCUT2D eigenvalue weighted by atomic mass is 10.0. The van der Waals surface area contributed by atoms with Crippen molar-refractivity contribution in [1.29, 1.82) is 0 Å². The highest BCUT2D eigenvalue weighted by atomic mass is 35.5. The van der Waals surface area contributed by atoms with Crippen LogP contribution < -0.4 is 4.74 Å². The van der Waals surface area contributed by atoms with Gasteiger partial charge < -0.3 is 9.84 Å². The zero-order valence-electron chi connectivity index (χ0n) is 13.6. The fraction of sp³-hybridized carbons (Fsp3) is 0.150. The van der Waals surface area contributed by atoms with Crippen molar-refractivity contribution >= 4 is 11.6 Å². The molecule has 0 aliphatic rings. The minimum atomic E-state index is -0.913. The first-order valence-electron chi connectivity index (χ1n) is 7.84. The fourth-order valence-electron chi connectivity index (χ4n) is 2.39. The van der Waals surface area contributed by atoms with Gasteiger partial charge in [-0.05, 0) is 48.9 Å². The summed E-state index contributed by atoms with van der Waals surface area (Å²) < 4.78 is 19.5. The maximum Gasteiger partial charge on any atom is 0.145 e. The number of aliphatic hydroxyl groups is 1. The quantitative estimate of drug-likeness (QED) is 0.678. The molecule has 0 fully saturated rings. The maximum atomic E-state index is 13.8. The molecule has 0 saturated carbocycles. The Morgan fingerprint density at radius 1 is 1.08 bits per heavy atom. The molecule has 0 bridgehead atoms. The molecule has 0 spiro atoms. The van der Waals surface area contributed by atoms with Gasteiger partial charge in [0.15, 0.2) is 0 Å². The van der Waals surface area contributed by atoms with Crippen LogP contribution >= 0.6 is 11.6 Å². The predicted molar refractivity (Wildman–Crippen MR) is 95.6 cm³/mol. The van der Waals surface area contributed by atoms with Crippen LogP contribution in [0.2, 0.25) is 5.02 Å². The van der Waals surface area contributed by atoms with Crippen molar-refractivity contribution in [2.75, 3.05) is 0 Å². The van der Waals surface area contributed by atoms with E-state index in [0.717, 1.165) is 5.56 Å². The monoisotopic (exact) mass is 357 g/mol. The molecule has 3 nitrogen and oxygen atoms in total. The second-order valence-electron chi connectivity index (χ2n) is 5.79. The number of halogens is 2. The normalized spacial score (nSPS) is 12.0. The van der Waals surface area contributed by atoms with E-state index in [0.29, 0.717) is 27.8 Å². The number of aryl methyl sites for hydroxylation is 1. The van der Waals surface area contributed by atoms with Crippen molar-refractivity contribution in [1.82, 2.24) is 4.98 Å². The molecule has 5 heteroatoms. The fourth-order valence-corrected chi connectivity index (χ4v) is 2.55. The van der Waals surface area contributed by atoms with Crippen LogP contribution in [0.5, 0.6) is 11.5 Å². The summed E-state index contributed by atoms with van der Waals surface area (Å²) in [5.74, 6) is 0.840. The molecule has 0 radical (unpaired) electrons. The number of rotatable bonds is 5. The lowest BCUT2D eigenvalue weighted by Crippen LogP contribution is -2.05. The summed E-state index contributed by atoms with van der Waals surface area (Å²) in [4.78, 5) is 4.21. The van der Waals surface area contributed by atoms with Crippen molar-refractivity contribution in [3.63, 3.8) is 0 Å². The van der Waals surface area contributed by atoms with Gasteiger partial charge in [0.2, 0.25) is 0 Å². The molecular formula is C20H17ClFNO2. The number of aliphatic hydroxyl groups excluding tert-OH is 1. The molecule has 2 aromatic carbocycles. The van der Waals surface area contributed by atoms with Gasteiger partial charge in [0.1, 0.15) is 23.4 Å². The number of ether oxygens (including phenoxy) is 1. The zero-order chi connectivity index (χ0) is 17.8. The average molecular weight is 358 g/mol. The third-order valence-electron chi connectivity index (χ3n) is 3.79. The smallest absolute Gasteiger partial charge is 0.145 e. The number of hydrogen-bond acceptors (Lipinski definition) is 3. The Bertz CT molecular complexity index is 851. The average Bonchev–Trinajstić information content (AvgIpc) is 2.60. The standard InChI is InChI=1S/C20H17ClFNO2/c1-13-2-6-16(7-3-13)25-17-8-9-19(23-12-17)20(24)10-14-4-5-15(21)11-18(14)22/h2-9,11-12,20,24H,10H2,1H3. The van der Waals surface area contributed by atoms with Crippen LogP contribution in [0.15, 0.2) is 60.8 Å². The van der Waals surface area contributed by atoms with Gasteiger partial charge in [-0.25, -0.2) is 4.39 Å². The van der Waals surface area contributed by atoms with E-state index in [2.05, 4.69) is 4.98 Å². The van der Waals surface area contributed by atoms with Gasteiger partial charge >= 0.3 is 0 Å². The summed E-state index contributed by atoms with van der Waals surface area (Å²) in [6.07, 6.45) is 0.745. The molecule has 1 unspecified atom stereocenters. The lowest BCUT2D eigenvalue weighted by Gasteiger charge is -2.12. The first-order valence-corrected chi connectivity index (χ1v) is 8.21. The summed E-state index contributed by atoms with van der Waals surface area (Å²) in [5, 5.41) is 10.6. The highest BCUT2D eigenvalue weighted by molar-refractivity contribution is 6.30. The van der Waals surface area contributed by atoms with Crippen LogP contribution in [-0.4, -0.2) is 10.1 Å². The molecule has 0 amide bonds. The van der Waals surface area contributed by atoms with Gasteiger partial charge in [-0.1, -0.05) is 35.4 Å². The van der Waals surface area contributed by atoms with Gasteiger partial charge in [-0.15, -0.1) is 0 Å². The molecule has 25 heavy (non-hydrogen) atoms. The van der Waals surface area contributed by atoms with E-state index in [1.807, 2.05) is 31.2 Å². The number of aromatic nitrogens is 1. The minimum Gasteiger partial charge on any atom is -0.456 e. The minimum absolute atomic E-state index is 0.119. The molecule has 1 heterocycles. The Balaban J connectivity index is 1.67. The number of benzene rings is 2. The predicted octanol–water partition coefficient (Wildman–Crippen LogP) is 5.25. The SMILES string of the molecule is Cc1ccc(Oc2ccc(C(O)Cc3ccc(Cl)cc3F)nc2)cc1. The van der Waals surface area contributed by atoms with Gasteiger partial charge in [-0.2, -0.15) is 0 Å². The van der Waals surface area contributed by atoms with Crippen molar-refractivity contribution in [2.45, 2.75) is 19.4 Å². The van der Waals surface area contributed by atoms with Crippen molar-refractivity contribution in [3.8, 4) is 11.5 Å². The second kappa shape index (κ2) is 7.64. The number of pyridine rings is 1. The Morgan fingerprint density at radius 3 is 2.44 bits per heavy atom. The first kappa shape index (κ1) is 17.4. The largest absolute Gasteiger partial charge is 0.456 e. The van der Waals surface area contributed by atoms with Crippen LogP contribution in [0.1, 0.15) is 22.9 Å². The number of hydrogen-bond donors (Lipinski definition) is 1. The van der Waals surface area contributed by atoms with Crippen LogP contribution in [-0.2, 0) is 6.42 Å². The Hall–Kier alpha value is -2.43. The van der Waals surface area contributed by atoms with E-state index in [-0.39, 0.29) is 6.42 Å². The molecule has 1 aromatic heterocycles. The summed E-state index contributed by atoms with van der Waals surface area (Å²) in [6, 6.07) is 15.5. The van der Waals surface area contributed by atoms with Gasteiger partial charge in [-0.3, -0.25) is 4.98 Å². The summed E-state index contributed by atoms with van der Waals surface area (Å²) >= 11 is 5.73. The molecule has 0 aliphatic carbocycles. The van der Waals surface area contributed by atoms with E-state index in [9.17, 15) is 9.50 Å². The summed E-state index contributed by atoms with van der Waals surface area (Å²) in [5.41, 5.74) is 1.99. The summed E-state index contributed by atoms with van der Waals surface area (Å²) in [6.45, 7) is 2.00. The summed E-state index contributed by atoms with van der Waals surface area (Å²) in [7, 11) is 0. The van der Waals surface area contributed by atoms with Gasteiger partial charge in [0.05, 0.1) is 11.9 Å².